The average Bonchev–Trinajstić information content (AvgIpc) is 2.28. The monoisotopic (exact) mass is 237 g/mol. The molecule has 0 saturated carbocycles. The van der Waals surface area contributed by atoms with Gasteiger partial charge in [-0.3, -0.25) is 14.6 Å². The zero-order valence-corrected chi connectivity index (χ0v) is 9.97. The molecule has 0 aliphatic rings. The molecule has 0 saturated heterocycles. The molecular weight excluding hydrogens is 222 g/mol. The molecule has 0 spiro atoms. The molecule has 0 aromatic carbocycles. The zero-order chi connectivity index (χ0) is 13.0. The fourth-order valence-electron chi connectivity index (χ4n) is 1.29. The Morgan fingerprint density at radius 2 is 2.12 bits per heavy atom. The predicted octanol–water partition coefficient (Wildman–Crippen LogP) is 0.350. The van der Waals surface area contributed by atoms with Gasteiger partial charge in [-0.15, -0.1) is 0 Å². The van der Waals surface area contributed by atoms with Crippen molar-refractivity contribution >= 4 is 17.6 Å². The fraction of sp³-hybridized carbons (Fsp3) is 0.364. The lowest BCUT2D eigenvalue weighted by Gasteiger charge is -2.17. The van der Waals surface area contributed by atoms with E-state index in [1.165, 1.54) is 13.1 Å². The number of hydrogen-bond donors (Lipinski definition) is 2. The summed E-state index contributed by atoms with van der Waals surface area (Å²) in [5.41, 5.74) is 1.04. The van der Waals surface area contributed by atoms with Crippen molar-refractivity contribution in [2.45, 2.75) is 13.0 Å². The molecule has 1 rings (SSSR count). The molecule has 1 atom stereocenters. The normalized spacial score (nSPS) is 11.7. The van der Waals surface area contributed by atoms with Gasteiger partial charge in [-0.05, 0) is 13.0 Å². The number of aliphatic carboxylic acids is 1. The maximum atomic E-state index is 11.8. The number of anilines is 1. The number of carbonyl (C=O) groups excluding carboxylic acids is 1. The van der Waals surface area contributed by atoms with E-state index < -0.39 is 17.9 Å². The molecule has 0 aliphatic heterocycles. The molecule has 1 amide bonds. The molecule has 1 unspecified atom stereocenters. The molecule has 1 heterocycles. The number of rotatable bonds is 4. The maximum absolute atomic E-state index is 11.8. The summed E-state index contributed by atoms with van der Waals surface area (Å²) >= 11 is 0. The Morgan fingerprint density at radius 1 is 1.47 bits per heavy atom. The van der Waals surface area contributed by atoms with E-state index in [1.54, 1.807) is 31.3 Å². The van der Waals surface area contributed by atoms with Crippen LogP contribution in [0.3, 0.4) is 0 Å². The lowest BCUT2D eigenvalue weighted by Crippen LogP contribution is -2.38. The van der Waals surface area contributed by atoms with E-state index >= 15 is 0 Å². The van der Waals surface area contributed by atoms with Gasteiger partial charge in [0, 0.05) is 26.5 Å². The highest BCUT2D eigenvalue weighted by atomic mass is 16.4. The van der Waals surface area contributed by atoms with Gasteiger partial charge in [0.2, 0.25) is 0 Å². The summed E-state index contributed by atoms with van der Waals surface area (Å²) in [5, 5.41) is 11.1. The Bertz CT molecular complexity index is 432. The van der Waals surface area contributed by atoms with Gasteiger partial charge in [0.25, 0.3) is 5.91 Å². The van der Waals surface area contributed by atoms with Crippen LogP contribution in [0.2, 0.25) is 0 Å². The Balaban J connectivity index is 2.93. The van der Waals surface area contributed by atoms with Crippen molar-refractivity contribution in [2.24, 2.45) is 0 Å². The molecule has 17 heavy (non-hydrogen) atoms. The number of nitrogens with one attached hydrogen (secondary N) is 1. The van der Waals surface area contributed by atoms with Crippen molar-refractivity contribution in [1.82, 2.24) is 10.3 Å². The van der Waals surface area contributed by atoms with Crippen LogP contribution in [-0.4, -0.2) is 42.1 Å². The van der Waals surface area contributed by atoms with Crippen molar-refractivity contribution in [3.05, 3.63) is 24.0 Å². The number of aromatic nitrogens is 1. The largest absolute Gasteiger partial charge is 0.480 e. The van der Waals surface area contributed by atoms with Gasteiger partial charge in [-0.1, -0.05) is 0 Å². The summed E-state index contributed by atoms with van der Waals surface area (Å²) in [4.78, 5) is 28.1. The number of carbonyl (C=O) groups is 2. The van der Waals surface area contributed by atoms with E-state index in [4.69, 9.17) is 5.11 Å². The zero-order valence-electron chi connectivity index (χ0n) is 9.97. The third-order valence-corrected chi connectivity index (χ3v) is 2.24. The quantitative estimate of drug-likeness (QED) is 0.789. The van der Waals surface area contributed by atoms with Crippen molar-refractivity contribution in [2.75, 3.05) is 19.0 Å². The van der Waals surface area contributed by atoms with Gasteiger partial charge >= 0.3 is 5.97 Å². The van der Waals surface area contributed by atoms with Gasteiger partial charge in [-0.2, -0.15) is 0 Å². The number of carboxylic acid groups (broad SMARTS) is 1. The molecule has 2 N–H and O–H groups in total. The number of hydrogen-bond acceptors (Lipinski definition) is 4. The molecule has 0 bridgehead atoms. The van der Waals surface area contributed by atoms with E-state index in [-0.39, 0.29) is 0 Å². The summed E-state index contributed by atoms with van der Waals surface area (Å²) in [6.45, 7) is 1.41. The van der Waals surface area contributed by atoms with Crippen molar-refractivity contribution in [1.29, 1.82) is 0 Å². The maximum Gasteiger partial charge on any atom is 0.325 e. The van der Waals surface area contributed by atoms with Crippen LogP contribution in [0.15, 0.2) is 18.5 Å². The Labute approximate surface area is 99.3 Å². The lowest BCUT2D eigenvalue weighted by atomic mass is 10.2. The van der Waals surface area contributed by atoms with Crippen LogP contribution >= 0.6 is 0 Å². The second-order valence-electron chi connectivity index (χ2n) is 3.82. The summed E-state index contributed by atoms with van der Waals surface area (Å²) in [5.74, 6) is -1.52. The fourth-order valence-corrected chi connectivity index (χ4v) is 1.29. The summed E-state index contributed by atoms with van der Waals surface area (Å²) in [6, 6.07) is 0.762. The van der Waals surface area contributed by atoms with Crippen LogP contribution < -0.4 is 10.2 Å². The first-order valence-electron chi connectivity index (χ1n) is 5.08. The van der Waals surface area contributed by atoms with Gasteiger partial charge in [0.05, 0.1) is 11.3 Å². The number of amides is 1. The molecule has 0 fully saturated rings. The summed E-state index contributed by atoms with van der Waals surface area (Å²) < 4.78 is 0. The summed E-state index contributed by atoms with van der Waals surface area (Å²) in [6.07, 6.45) is 2.99. The third kappa shape index (κ3) is 3.17. The van der Waals surface area contributed by atoms with E-state index in [0.29, 0.717) is 11.3 Å². The Hall–Kier alpha value is -2.11. The highest BCUT2D eigenvalue weighted by Gasteiger charge is 2.18. The highest BCUT2D eigenvalue weighted by molar-refractivity contribution is 6.00. The van der Waals surface area contributed by atoms with Crippen molar-refractivity contribution in [3.63, 3.8) is 0 Å². The van der Waals surface area contributed by atoms with Gasteiger partial charge < -0.3 is 15.3 Å². The molecule has 0 radical (unpaired) electrons. The molecular formula is C11H15N3O3. The minimum absolute atomic E-state index is 0.352. The first-order valence-corrected chi connectivity index (χ1v) is 5.08. The molecule has 6 heteroatoms. The van der Waals surface area contributed by atoms with Crippen molar-refractivity contribution < 1.29 is 14.7 Å². The van der Waals surface area contributed by atoms with Crippen LogP contribution in [0.4, 0.5) is 5.69 Å². The van der Waals surface area contributed by atoms with E-state index in [0.717, 1.165) is 0 Å². The highest BCUT2D eigenvalue weighted by Crippen LogP contribution is 2.16. The topological polar surface area (TPSA) is 82.5 Å². The molecule has 92 valence electrons. The van der Waals surface area contributed by atoms with E-state index in [1.807, 2.05) is 0 Å². The second-order valence-corrected chi connectivity index (χ2v) is 3.82. The van der Waals surface area contributed by atoms with E-state index in [2.05, 4.69) is 10.3 Å². The van der Waals surface area contributed by atoms with Gasteiger partial charge in [0.15, 0.2) is 0 Å². The van der Waals surface area contributed by atoms with Crippen molar-refractivity contribution in [3.8, 4) is 0 Å². The smallest absolute Gasteiger partial charge is 0.325 e. The first kappa shape index (κ1) is 13.0. The van der Waals surface area contributed by atoms with E-state index in [9.17, 15) is 9.59 Å². The standard InChI is InChI=1S/C11H15N3O3/c1-7(11(16)17)13-10(15)8-6-12-5-4-9(8)14(2)3/h4-7H,1-3H3,(H,13,15)(H,16,17). The van der Waals surface area contributed by atoms with Crippen LogP contribution in [0, 0.1) is 0 Å². The Morgan fingerprint density at radius 3 is 2.65 bits per heavy atom. The van der Waals surface area contributed by atoms with Gasteiger partial charge in [-0.25, -0.2) is 0 Å². The third-order valence-electron chi connectivity index (χ3n) is 2.24. The molecule has 1 aromatic rings. The number of nitrogens with zero attached hydrogens (tertiary/aromatic N) is 2. The lowest BCUT2D eigenvalue weighted by molar-refractivity contribution is -0.138. The SMILES string of the molecule is CC(NC(=O)c1cnccc1N(C)C)C(=O)O. The molecule has 1 aromatic heterocycles. The second kappa shape index (κ2) is 5.29. The minimum Gasteiger partial charge on any atom is -0.480 e. The predicted molar refractivity (Wildman–Crippen MR) is 63.1 cm³/mol. The molecule has 6 nitrogen and oxygen atoms in total. The first-order chi connectivity index (χ1) is 7.93. The Kier molecular flexibility index (Phi) is 4.03. The van der Waals surface area contributed by atoms with Gasteiger partial charge in [0.1, 0.15) is 6.04 Å². The van der Waals surface area contributed by atoms with Crippen LogP contribution in [0.25, 0.3) is 0 Å². The van der Waals surface area contributed by atoms with Crippen LogP contribution in [0.5, 0.6) is 0 Å². The number of carboxylic acids is 1. The summed E-state index contributed by atoms with van der Waals surface area (Å²) in [7, 11) is 3.60. The van der Waals surface area contributed by atoms with Crippen LogP contribution in [-0.2, 0) is 4.79 Å². The minimum atomic E-state index is -1.08. The van der Waals surface area contributed by atoms with Crippen LogP contribution in [0.1, 0.15) is 17.3 Å². The average molecular weight is 237 g/mol. The number of pyridine rings is 1. The molecule has 0 aliphatic carbocycles.